The molecule has 0 spiro atoms. The van der Waals surface area contributed by atoms with E-state index in [2.05, 4.69) is 62.5 Å². The van der Waals surface area contributed by atoms with Gasteiger partial charge in [0, 0.05) is 43.0 Å². The van der Waals surface area contributed by atoms with E-state index in [-0.39, 0.29) is 43.9 Å². The van der Waals surface area contributed by atoms with Crippen LogP contribution in [0.5, 0.6) is 0 Å². The summed E-state index contributed by atoms with van der Waals surface area (Å²) in [4.78, 5) is 149. The number of nitrogens with zero attached hydrogens (tertiary/aromatic N) is 2. The summed E-state index contributed by atoms with van der Waals surface area (Å²) in [6, 6.07) is -2.39. The smallest absolute Gasteiger partial charge is 0.326 e. The maximum atomic E-state index is 14.5. The van der Waals surface area contributed by atoms with E-state index in [1.165, 1.54) is 32.0 Å². The fraction of sp³-hybridized carbons (Fsp3) is 0.585. The van der Waals surface area contributed by atoms with Crippen molar-refractivity contribution in [1.29, 1.82) is 0 Å². The van der Waals surface area contributed by atoms with Crippen molar-refractivity contribution in [3.05, 3.63) is 72.3 Å². The number of aromatic nitrogens is 4. The molecule has 14 N–H and O–H groups in total. The zero-order valence-corrected chi connectivity index (χ0v) is 46.0. The van der Waals surface area contributed by atoms with Crippen molar-refractivity contribution < 1.29 is 58.2 Å². The molecule has 0 unspecified atom stereocenters. The van der Waals surface area contributed by atoms with Crippen molar-refractivity contribution >= 4 is 59.2 Å². The van der Waals surface area contributed by atoms with Gasteiger partial charge >= 0.3 is 11.9 Å². The number of amides is 8. The van der Waals surface area contributed by atoms with E-state index < -0.39 is 138 Å². The molecule has 0 radical (unpaired) electrons. The number of H-pyrrole nitrogens is 2. The van der Waals surface area contributed by atoms with E-state index in [0.29, 0.717) is 24.2 Å². The SMILES string of the molecule is CC[C@H](C)[C@H](NC(=O)[C@H](CCC(=O)O)NC(=O)[C@H](C)NC(=O)[C@@H](NC(=O)[C@H](CC(C)C)NC(=O)[C@H](Cc1cnc[nH]1)NC(=O)[C@H](Cc1cnc[nH]1)NC(=O)[C@H](CC(C)C)NC(=O)[C@@H](N)Cc1ccccc1)[C@@H](C)CC)C(=O)O. The van der Waals surface area contributed by atoms with Gasteiger partial charge in [0.2, 0.25) is 47.3 Å². The Labute approximate surface area is 454 Å². The molecule has 2 heterocycles. The van der Waals surface area contributed by atoms with Gasteiger partial charge in [0.1, 0.15) is 48.3 Å². The topological polar surface area (TPSA) is 391 Å². The summed E-state index contributed by atoms with van der Waals surface area (Å²) in [5.41, 5.74) is 7.98. The molecule has 0 bridgehead atoms. The average molecular weight is 1090 g/mol. The highest BCUT2D eigenvalue weighted by Gasteiger charge is 2.37. The molecule has 78 heavy (non-hydrogen) atoms. The maximum absolute atomic E-state index is 14.5. The molecule has 25 heteroatoms. The van der Waals surface area contributed by atoms with Crippen molar-refractivity contribution in [2.45, 2.75) is 174 Å². The van der Waals surface area contributed by atoms with Crippen LogP contribution in [0.1, 0.15) is 118 Å². The quantitative estimate of drug-likeness (QED) is 0.0388. The fourth-order valence-corrected chi connectivity index (χ4v) is 8.21. The lowest BCUT2D eigenvalue weighted by Crippen LogP contribution is -2.61. The molecule has 2 aromatic heterocycles. The normalized spacial score (nSPS) is 15.5. The summed E-state index contributed by atoms with van der Waals surface area (Å²) < 4.78 is 0. The molecule has 1 aromatic carbocycles. The molecule has 0 aliphatic heterocycles. The Kier molecular flexibility index (Phi) is 26.6. The summed E-state index contributed by atoms with van der Waals surface area (Å²) in [6.45, 7) is 15.4. The molecule has 11 atom stereocenters. The molecule has 0 saturated heterocycles. The molecule has 8 amide bonds. The van der Waals surface area contributed by atoms with Crippen molar-refractivity contribution in [2.24, 2.45) is 29.4 Å². The number of nitrogens with two attached hydrogens (primary N) is 1. The molecule has 0 aliphatic carbocycles. The molecule has 0 saturated carbocycles. The van der Waals surface area contributed by atoms with E-state index in [0.717, 1.165) is 5.56 Å². The maximum Gasteiger partial charge on any atom is 0.326 e. The Balaban J connectivity index is 1.86. The monoisotopic (exact) mass is 1090 g/mol. The molecule has 3 aromatic rings. The summed E-state index contributed by atoms with van der Waals surface area (Å²) in [6.07, 6.45) is 5.68. The van der Waals surface area contributed by atoms with Gasteiger partial charge in [-0.2, -0.15) is 0 Å². The first-order valence-electron chi connectivity index (χ1n) is 26.4. The summed E-state index contributed by atoms with van der Waals surface area (Å²) in [5, 5.41) is 40.1. The number of nitrogens with one attached hydrogen (secondary N) is 10. The highest BCUT2D eigenvalue weighted by atomic mass is 16.4. The van der Waals surface area contributed by atoms with E-state index in [9.17, 15) is 58.2 Å². The van der Waals surface area contributed by atoms with E-state index in [1.807, 2.05) is 44.2 Å². The molecular weight excluding hydrogens is 1010 g/mol. The number of hydrogen-bond donors (Lipinski definition) is 13. The molecule has 0 fully saturated rings. The van der Waals surface area contributed by atoms with Crippen LogP contribution in [0.3, 0.4) is 0 Å². The van der Waals surface area contributed by atoms with Gasteiger partial charge in [-0.05, 0) is 61.8 Å². The largest absolute Gasteiger partial charge is 0.481 e. The molecule has 430 valence electrons. The first-order valence-corrected chi connectivity index (χ1v) is 26.4. The molecule has 25 nitrogen and oxygen atoms in total. The number of aliphatic carboxylic acids is 2. The van der Waals surface area contributed by atoms with Gasteiger partial charge in [0.25, 0.3) is 0 Å². The molecule has 3 rings (SSSR count). The van der Waals surface area contributed by atoms with Crippen molar-refractivity contribution in [3.63, 3.8) is 0 Å². The highest BCUT2D eigenvalue weighted by molar-refractivity contribution is 5.98. The number of carboxylic acid groups (broad SMARTS) is 2. The van der Waals surface area contributed by atoms with E-state index >= 15 is 0 Å². The van der Waals surface area contributed by atoms with Crippen LogP contribution in [0.4, 0.5) is 0 Å². The molecular formula is C53H81N13O12. The lowest BCUT2D eigenvalue weighted by molar-refractivity contribution is -0.144. The minimum atomic E-state index is -1.48. The van der Waals surface area contributed by atoms with Gasteiger partial charge in [-0.1, -0.05) is 98.6 Å². The number of hydrogen-bond acceptors (Lipinski definition) is 13. The van der Waals surface area contributed by atoms with Crippen LogP contribution in [-0.4, -0.2) is 144 Å². The Morgan fingerprint density at radius 1 is 0.513 bits per heavy atom. The van der Waals surface area contributed by atoms with Gasteiger partial charge in [0.15, 0.2) is 0 Å². The number of carbonyl (C=O) groups is 10. The zero-order chi connectivity index (χ0) is 58.2. The Morgan fingerprint density at radius 3 is 1.38 bits per heavy atom. The lowest BCUT2D eigenvalue weighted by Gasteiger charge is -2.30. The lowest BCUT2D eigenvalue weighted by atomic mass is 9.96. The predicted octanol–water partition coefficient (Wildman–Crippen LogP) is 0.520. The number of aromatic amines is 2. The second-order valence-corrected chi connectivity index (χ2v) is 20.7. The van der Waals surface area contributed by atoms with Gasteiger partial charge in [-0.25, -0.2) is 14.8 Å². The third-order valence-electron chi connectivity index (χ3n) is 13.1. The number of carboxylic acids is 2. The van der Waals surface area contributed by atoms with Crippen molar-refractivity contribution in [1.82, 2.24) is 62.5 Å². The van der Waals surface area contributed by atoms with Crippen LogP contribution in [0.15, 0.2) is 55.4 Å². The summed E-state index contributed by atoms with van der Waals surface area (Å²) in [7, 11) is 0. The van der Waals surface area contributed by atoms with Crippen molar-refractivity contribution in [2.75, 3.05) is 0 Å². The van der Waals surface area contributed by atoms with Crippen LogP contribution < -0.4 is 48.3 Å². The average Bonchev–Trinajstić information content (AvgIpc) is 4.11. The minimum absolute atomic E-state index is 0.0615. The number of imidazole rings is 2. The number of carbonyl (C=O) groups excluding carboxylic acids is 8. The predicted molar refractivity (Wildman–Crippen MR) is 286 cm³/mol. The van der Waals surface area contributed by atoms with Crippen molar-refractivity contribution in [3.8, 4) is 0 Å². The number of rotatable bonds is 34. The first-order chi connectivity index (χ1) is 36.8. The van der Waals surface area contributed by atoms with Crippen LogP contribution in [-0.2, 0) is 67.2 Å². The fourth-order valence-electron chi connectivity index (χ4n) is 8.21. The Bertz CT molecular complexity index is 2440. The Hall–Kier alpha value is -7.70. The van der Waals surface area contributed by atoms with Gasteiger partial charge < -0.3 is 68.4 Å². The second kappa shape index (κ2) is 32.1. The highest BCUT2D eigenvalue weighted by Crippen LogP contribution is 2.15. The first kappa shape index (κ1) is 64.6. The third-order valence-corrected chi connectivity index (χ3v) is 13.1. The number of benzene rings is 1. The second-order valence-electron chi connectivity index (χ2n) is 20.7. The van der Waals surface area contributed by atoms with Gasteiger partial charge in [0.05, 0.1) is 18.7 Å². The van der Waals surface area contributed by atoms with Gasteiger partial charge in [-0.3, -0.25) is 43.2 Å². The van der Waals surface area contributed by atoms with Gasteiger partial charge in [-0.15, -0.1) is 0 Å². The van der Waals surface area contributed by atoms with Crippen LogP contribution >= 0.6 is 0 Å². The van der Waals surface area contributed by atoms with Crippen LogP contribution in [0, 0.1) is 23.7 Å². The summed E-state index contributed by atoms with van der Waals surface area (Å²) in [5.74, 6) is -10.2. The van der Waals surface area contributed by atoms with E-state index in [1.54, 1.807) is 41.5 Å². The Morgan fingerprint density at radius 2 is 0.936 bits per heavy atom. The minimum Gasteiger partial charge on any atom is -0.481 e. The van der Waals surface area contributed by atoms with Crippen LogP contribution in [0.2, 0.25) is 0 Å². The van der Waals surface area contributed by atoms with Crippen LogP contribution in [0.25, 0.3) is 0 Å². The zero-order valence-electron chi connectivity index (χ0n) is 46.0. The van der Waals surface area contributed by atoms with E-state index in [4.69, 9.17) is 5.73 Å². The summed E-state index contributed by atoms with van der Waals surface area (Å²) >= 11 is 0. The standard InChI is InChI=1S/C53H81N13O12/c1-10-30(7)43(52(76)59-32(9)45(69)60-37(17-18-42(67)68)47(71)66-44(53(77)78)31(8)11-2)65-51(75)39(20-29(5)6)62-49(73)40(22-34-24-55-26-57-34)64-50(74)41(23-35-25-56-27-58-35)63-48(72)38(19-28(3)4)61-46(70)36(54)21-33-15-13-12-14-16-33/h12-16,24-32,36-41,43-44H,10-11,17-23,54H2,1-9H3,(H,55,57)(H,56,58)(H,59,76)(H,60,69)(H,61,70)(H,62,73)(H,63,72)(H,64,74)(H,65,75)(H,66,71)(H,67,68)(H,77,78)/t30-,31-,32-,36-,37-,38-,39-,40-,41-,43-,44-/m0/s1. The third kappa shape index (κ3) is 21.7. The molecule has 0 aliphatic rings.